The number of benzene rings is 3. The molecule has 3 aromatic carbocycles. The topological polar surface area (TPSA) is 201 Å². The Morgan fingerprint density at radius 3 is 2.39 bits per heavy atom. The number of nitro groups is 1. The summed E-state index contributed by atoms with van der Waals surface area (Å²) in [6.07, 6.45) is 9.19. The van der Waals surface area contributed by atoms with Gasteiger partial charge in [0.25, 0.3) is 21.6 Å². The molecule has 1 amide bonds. The summed E-state index contributed by atoms with van der Waals surface area (Å²) in [6, 6.07) is 26.9. The number of anilines is 2. The molecule has 1 aliphatic carbocycles. The van der Waals surface area contributed by atoms with E-state index in [1.54, 1.807) is 25.4 Å². The number of H-pyrrole nitrogens is 1. The Morgan fingerprint density at radius 2 is 1.68 bits per heavy atom. The number of amides is 1. The van der Waals surface area contributed by atoms with Crippen molar-refractivity contribution in [3.05, 3.63) is 136 Å². The number of halogens is 1. The van der Waals surface area contributed by atoms with E-state index in [-0.39, 0.29) is 53.9 Å². The highest BCUT2D eigenvalue weighted by molar-refractivity contribution is 7.90. The van der Waals surface area contributed by atoms with Crippen LogP contribution >= 0.6 is 0 Å². The minimum atomic E-state index is -4.69. The van der Waals surface area contributed by atoms with Crippen LogP contribution in [0.5, 0.6) is 17.2 Å². The predicted molar refractivity (Wildman–Crippen MR) is 291 cm³/mol. The summed E-state index contributed by atoms with van der Waals surface area (Å²) in [4.78, 5) is 47.1. The van der Waals surface area contributed by atoms with Crippen LogP contribution in [0.1, 0.15) is 91.4 Å². The number of sulfonamides is 1. The van der Waals surface area contributed by atoms with Gasteiger partial charge in [0.05, 0.1) is 42.4 Å². The third kappa shape index (κ3) is 11.2. The van der Waals surface area contributed by atoms with Crippen molar-refractivity contribution < 1.29 is 36.7 Å². The number of carbonyl (C=O) groups is 1. The smallest absolute Gasteiger partial charge is 0.293 e. The number of nitrogens with one attached hydrogen (secondary N) is 3. The molecule has 77 heavy (non-hydrogen) atoms. The van der Waals surface area contributed by atoms with Crippen LogP contribution in [0, 0.1) is 15.5 Å². The number of pyridine rings is 2. The molecule has 7 heterocycles. The van der Waals surface area contributed by atoms with Crippen LogP contribution in [0.3, 0.4) is 0 Å². The van der Waals surface area contributed by atoms with Crippen LogP contribution in [-0.2, 0) is 21.3 Å². The molecule has 5 fully saturated rings. The van der Waals surface area contributed by atoms with E-state index in [1.807, 2.05) is 18.2 Å². The third-order valence-corrected chi connectivity index (χ3v) is 18.2. The van der Waals surface area contributed by atoms with Crippen LogP contribution in [0.2, 0.25) is 0 Å². The first-order valence-electron chi connectivity index (χ1n) is 26.8. The van der Waals surface area contributed by atoms with E-state index in [9.17, 15) is 23.3 Å². The van der Waals surface area contributed by atoms with Crippen LogP contribution in [-0.4, -0.2) is 139 Å². The number of piperidine rings is 2. The second-order valence-corrected chi connectivity index (χ2v) is 23.7. The van der Waals surface area contributed by atoms with Gasteiger partial charge in [0.2, 0.25) is 0 Å². The summed E-state index contributed by atoms with van der Waals surface area (Å²) in [5.74, 6) is 1.16. The lowest BCUT2D eigenvalue weighted by atomic mass is 9.59. The lowest BCUT2D eigenvalue weighted by Gasteiger charge is -2.58. The summed E-state index contributed by atoms with van der Waals surface area (Å²) in [5.41, 5.74) is 2.53. The number of nitrogens with zero attached hydrogens (tertiary/aromatic N) is 7. The van der Waals surface area contributed by atoms with E-state index in [2.05, 4.69) is 89.9 Å². The number of fused-ring (bicyclic) bond motifs is 1. The molecule has 1 saturated carbocycles. The first kappa shape index (κ1) is 52.3. The Labute approximate surface area is 448 Å². The molecule has 406 valence electrons. The maximum absolute atomic E-state index is 15.9. The molecule has 0 bridgehead atoms. The van der Waals surface area contributed by atoms with Crippen molar-refractivity contribution in [3.8, 4) is 17.2 Å². The normalized spacial score (nSPS) is 20.4. The molecule has 4 saturated heterocycles. The average Bonchev–Trinajstić information content (AvgIpc) is 3.89. The van der Waals surface area contributed by atoms with Gasteiger partial charge in [-0.1, -0.05) is 50.2 Å². The first-order chi connectivity index (χ1) is 37.1. The number of piperazine rings is 1. The molecule has 1 atom stereocenters. The Bertz CT molecular complexity index is 3220. The predicted octanol–water partition coefficient (Wildman–Crippen LogP) is 8.83. The Morgan fingerprint density at radius 1 is 0.909 bits per heavy atom. The SMILES string of the molecule is COc1ccc(CN2CCN(C3CC4(CCN(c5cc(Oc6cnc7[nH]ccc7c6)c(C(=O)NS(=O)(=O)c6ccc(NCC7(F)CCN(C8COC8)CC7)c([N+](=O)[O-])c6)cn5)CC4)C3)C(c3ccccc3C(C)C)C2)cc1. The molecule has 11 rings (SSSR count). The van der Waals surface area contributed by atoms with E-state index in [4.69, 9.17) is 19.2 Å². The van der Waals surface area contributed by atoms with Crippen molar-refractivity contribution in [2.75, 3.05) is 82.9 Å². The summed E-state index contributed by atoms with van der Waals surface area (Å²) >= 11 is 0. The quantitative estimate of drug-likeness (QED) is 0.0578. The number of hydrogen-bond acceptors (Lipinski definition) is 15. The van der Waals surface area contributed by atoms with E-state index >= 15 is 4.39 Å². The van der Waals surface area contributed by atoms with Crippen molar-refractivity contribution in [1.82, 2.24) is 34.4 Å². The monoisotopic (exact) mass is 1070 g/mol. The van der Waals surface area contributed by atoms with E-state index in [0.717, 1.165) is 88.2 Å². The Hall–Kier alpha value is -6.71. The summed E-state index contributed by atoms with van der Waals surface area (Å²) in [7, 11) is -2.99. The number of nitro benzene ring substituents is 1. The Kier molecular flexibility index (Phi) is 14.7. The number of hydrogen-bond donors (Lipinski definition) is 3. The number of rotatable bonds is 17. The molecule has 6 aromatic rings. The van der Waals surface area contributed by atoms with Crippen molar-refractivity contribution in [1.29, 1.82) is 0 Å². The molecule has 3 N–H and O–H groups in total. The molecule has 3 aromatic heterocycles. The highest BCUT2D eigenvalue weighted by Crippen LogP contribution is 2.53. The highest BCUT2D eigenvalue weighted by Gasteiger charge is 2.50. The van der Waals surface area contributed by atoms with Crippen LogP contribution < -0.4 is 24.4 Å². The highest BCUT2D eigenvalue weighted by atomic mass is 32.2. The molecular formula is C57H67FN10O8S. The fraction of sp³-hybridized carbons (Fsp3) is 0.456. The molecular weight excluding hydrogens is 1000 g/mol. The zero-order valence-electron chi connectivity index (χ0n) is 43.8. The summed E-state index contributed by atoms with van der Waals surface area (Å²) < 4.78 is 62.8. The molecule has 0 radical (unpaired) electrons. The molecule has 18 nitrogen and oxygen atoms in total. The van der Waals surface area contributed by atoms with Gasteiger partial charge in [-0.3, -0.25) is 29.6 Å². The van der Waals surface area contributed by atoms with Gasteiger partial charge in [0.1, 0.15) is 45.6 Å². The maximum Gasteiger partial charge on any atom is 0.293 e. The lowest BCUT2D eigenvalue weighted by Crippen LogP contribution is -2.60. The number of alkyl halides is 1. The van der Waals surface area contributed by atoms with Crippen LogP contribution in [0.4, 0.5) is 21.6 Å². The average molecular weight is 1070 g/mol. The number of likely N-dealkylation sites (tertiary alicyclic amines) is 1. The lowest BCUT2D eigenvalue weighted by molar-refractivity contribution is -0.384. The van der Waals surface area contributed by atoms with Crippen LogP contribution in [0.25, 0.3) is 11.0 Å². The van der Waals surface area contributed by atoms with Crippen molar-refractivity contribution in [3.63, 3.8) is 0 Å². The Balaban J connectivity index is 0.770. The number of aromatic amines is 1. The second-order valence-electron chi connectivity index (χ2n) is 22.0. The number of methoxy groups -OCH3 is 1. The minimum absolute atomic E-state index is 0.0381. The molecule has 1 unspecified atom stereocenters. The number of ether oxygens (including phenoxy) is 3. The fourth-order valence-corrected chi connectivity index (χ4v) is 13.1. The summed E-state index contributed by atoms with van der Waals surface area (Å²) in [5, 5.41) is 15.9. The van der Waals surface area contributed by atoms with Gasteiger partial charge in [-0.25, -0.2) is 27.5 Å². The molecule has 5 aliphatic rings. The molecule has 20 heteroatoms. The van der Waals surface area contributed by atoms with Crippen LogP contribution in [0.15, 0.2) is 108 Å². The van der Waals surface area contributed by atoms with Gasteiger partial charge >= 0.3 is 0 Å². The van der Waals surface area contributed by atoms with Gasteiger partial charge in [0.15, 0.2) is 0 Å². The van der Waals surface area contributed by atoms with Crippen molar-refractivity contribution in [2.45, 2.75) is 93.5 Å². The van der Waals surface area contributed by atoms with E-state index < -0.39 is 37.1 Å². The number of aromatic nitrogens is 3. The van der Waals surface area contributed by atoms with E-state index in [1.165, 1.54) is 35.2 Å². The second kappa shape index (κ2) is 21.6. The summed E-state index contributed by atoms with van der Waals surface area (Å²) in [6.45, 7) is 12.0. The molecule has 4 aliphatic heterocycles. The van der Waals surface area contributed by atoms with E-state index in [0.29, 0.717) is 55.5 Å². The largest absolute Gasteiger partial charge is 0.497 e. The van der Waals surface area contributed by atoms with Crippen molar-refractivity contribution >= 4 is 44.2 Å². The van der Waals surface area contributed by atoms with Gasteiger partial charge in [-0.05, 0) is 103 Å². The van der Waals surface area contributed by atoms with Gasteiger partial charge in [-0.15, -0.1) is 0 Å². The van der Waals surface area contributed by atoms with Gasteiger partial charge in [0, 0.05) is 101 Å². The fourth-order valence-electron chi connectivity index (χ4n) is 12.2. The standard InChI is InChI=1S/C57H67FN10O8S/c1-38(2)46-6-4-5-7-47(46)51-34-64(33-39-8-10-43(74-3)11-9-39)24-25-67(51)41-29-56(30-41)15-20-66(21-16-56)53-28-52(76-44-26-40-14-19-59-54(40)61-31-44)48(32-60-53)55(69)63-77(72,73)45-12-13-49(50(27-45)68(70)71)62-37-57(58)17-22-65(23-18-57)42-35-75-36-42/h4-14,19,26-28,31-32,38,41-42,51,62H,15-18,20-25,29-30,33-37H2,1-3H3,(H,59,61)(H,63,69). The zero-order valence-corrected chi connectivity index (χ0v) is 44.6. The number of carbonyl (C=O) groups excluding carboxylic acids is 1. The third-order valence-electron chi connectivity index (χ3n) is 16.8. The molecule has 1 spiro atoms. The first-order valence-corrected chi connectivity index (χ1v) is 28.3. The van der Waals surface area contributed by atoms with Gasteiger partial charge < -0.3 is 29.4 Å². The minimum Gasteiger partial charge on any atom is -0.497 e. The van der Waals surface area contributed by atoms with Crippen molar-refractivity contribution in [2.24, 2.45) is 5.41 Å². The van der Waals surface area contributed by atoms with Gasteiger partial charge in [-0.2, -0.15) is 0 Å². The zero-order chi connectivity index (χ0) is 53.5. The maximum atomic E-state index is 15.9.